The number of ether oxygens (including phenoxy) is 2. The summed E-state index contributed by atoms with van der Waals surface area (Å²) in [6.45, 7) is 2.69. The Balaban J connectivity index is 1.71. The molecule has 0 aliphatic rings. The molecule has 2 aromatic carbocycles. The van der Waals surface area contributed by atoms with Gasteiger partial charge in [-0.2, -0.15) is 0 Å². The first-order valence-electron chi connectivity index (χ1n) is 8.32. The van der Waals surface area contributed by atoms with Gasteiger partial charge in [-0.1, -0.05) is 37.3 Å². The lowest BCUT2D eigenvalue weighted by Gasteiger charge is -2.11. The van der Waals surface area contributed by atoms with Crippen molar-refractivity contribution in [1.82, 2.24) is 4.98 Å². The molecule has 0 saturated carbocycles. The van der Waals surface area contributed by atoms with Crippen molar-refractivity contribution in [2.75, 3.05) is 13.2 Å². The number of benzene rings is 2. The van der Waals surface area contributed by atoms with E-state index < -0.39 is 5.97 Å². The maximum atomic E-state index is 11.4. The van der Waals surface area contributed by atoms with Crippen LogP contribution in [0, 0.1) is 0 Å². The highest BCUT2D eigenvalue weighted by Gasteiger charge is 2.18. The molecule has 1 N–H and O–H groups in total. The van der Waals surface area contributed by atoms with E-state index in [2.05, 4.69) is 4.98 Å². The number of hydrogen-bond acceptors (Lipinski definition) is 5. The summed E-state index contributed by atoms with van der Waals surface area (Å²) in [6, 6.07) is 17.1. The highest BCUT2D eigenvalue weighted by Crippen LogP contribution is 2.34. The number of carbonyl (C=O) groups is 1. The zero-order chi connectivity index (χ0) is 18.4. The van der Waals surface area contributed by atoms with Crippen molar-refractivity contribution in [3.63, 3.8) is 0 Å². The third-order valence-electron chi connectivity index (χ3n) is 3.70. The molecule has 0 spiro atoms. The number of carboxylic acids is 1. The van der Waals surface area contributed by atoms with Crippen LogP contribution in [0.3, 0.4) is 0 Å². The number of aromatic carboxylic acids is 1. The number of nitrogens with zero attached hydrogens (tertiary/aromatic N) is 1. The van der Waals surface area contributed by atoms with Crippen LogP contribution in [-0.2, 0) is 6.42 Å². The average molecular weight is 369 g/mol. The fourth-order valence-corrected chi connectivity index (χ4v) is 3.49. The first kappa shape index (κ1) is 17.9. The van der Waals surface area contributed by atoms with E-state index in [9.17, 15) is 9.90 Å². The zero-order valence-corrected chi connectivity index (χ0v) is 15.2. The van der Waals surface area contributed by atoms with Gasteiger partial charge in [-0.05, 0) is 30.7 Å². The number of thiazole rings is 1. The minimum Gasteiger partial charge on any atom is -0.490 e. The molecule has 0 atom stereocenters. The summed E-state index contributed by atoms with van der Waals surface area (Å²) in [6.07, 6.45) is 0.575. The van der Waals surface area contributed by atoms with Gasteiger partial charge < -0.3 is 14.6 Å². The molecule has 26 heavy (non-hydrogen) atoms. The van der Waals surface area contributed by atoms with Crippen LogP contribution in [0.15, 0.2) is 54.6 Å². The van der Waals surface area contributed by atoms with Crippen molar-refractivity contribution in [3.8, 4) is 22.1 Å². The predicted octanol–water partition coefficient (Wildman–Crippen LogP) is 4.53. The summed E-state index contributed by atoms with van der Waals surface area (Å²) < 4.78 is 11.5. The van der Waals surface area contributed by atoms with Gasteiger partial charge in [0.1, 0.15) is 34.6 Å². The third-order valence-corrected chi connectivity index (χ3v) is 4.82. The maximum absolute atomic E-state index is 11.4. The van der Waals surface area contributed by atoms with Gasteiger partial charge >= 0.3 is 5.97 Å². The molecule has 1 heterocycles. The number of rotatable bonds is 8. The maximum Gasteiger partial charge on any atom is 0.347 e. The Bertz CT molecular complexity index is 877. The van der Waals surface area contributed by atoms with E-state index >= 15 is 0 Å². The van der Waals surface area contributed by atoms with Crippen molar-refractivity contribution in [3.05, 3.63) is 65.2 Å². The van der Waals surface area contributed by atoms with Crippen molar-refractivity contribution >= 4 is 17.3 Å². The van der Waals surface area contributed by atoms with Gasteiger partial charge in [0.2, 0.25) is 0 Å². The van der Waals surface area contributed by atoms with Gasteiger partial charge in [-0.3, -0.25) is 0 Å². The Labute approximate surface area is 155 Å². The molecule has 0 fully saturated rings. The minimum absolute atomic E-state index is 0.282. The fourth-order valence-electron chi connectivity index (χ4n) is 2.47. The van der Waals surface area contributed by atoms with Crippen LogP contribution in [-0.4, -0.2) is 29.3 Å². The molecule has 0 unspecified atom stereocenters. The lowest BCUT2D eigenvalue weighted by atomic mass is 10.2. The summed E-state index contributed by atoms with van der Waals surface area (Å²) in [4.78, 5) is 16.1. The largest absolute Gasteiger partial charge is 0.490 e. The van der Waals surface area contributed by atoms with Crippen LogP contribution in [0.5, 0.6) is 11.5 Å². The molecule has 6 heteroatoms. The number of aromatic nitrogens is 1. The molecule has 134 valence electrons. The van der Waals surface area contributed by atoms with Crippen LogP contribution in [0.1, 0.15) is 22.3 Å². The molecule has 5 nitrogen and oxygen atoms in total. The topological polar surface area (TPSA) is 68.7 Å². The standard InChI is InChI=1S/C20H19NO4S/c1-2-16-18(20(22)23)26-19(21-16)15-10-6-7-11-17(15)25-13-12-24-14-8-4-3-5-9-14/h3-11H,2,12-13H2,1H3,(H,22,23). The van der Waals surface area contributed by atoms with E-state index in [-0.39, 0.29) is 4.88 Å². The van der Waals surface area contributed by atoms with Crippen molar-refractivity contribution in [2.24, 2.45) is 0 Å². The van der Waals surface area contributed by atoms with Gasteiger partial charge in [-0.15, -0.1) is 11.3 Å². The predicted molar refractivity (Wildman–Crippen MR) is 101 cm³/mol. The molecular formula is C20H19NO4S. The van der Waals surface area contributed by atoms with Crippen LogP contribution in [0.25, 0.3) is 10.6 Å². The molecule has 0 saturated heterocycles. The van der Waals surface area contributed by atoms with Crippen LogP contribution >= 0.6 is 11.3 Å². The monoisotopic (exact) mass is 369 g/mol. The highest BCUT2D eigenvalue weighted by atomic mass is 32.1. The van der Waals surface area contributed by atoms with Crippen LogP contribution in [0.4, 0.5) is 0 Å². The van der Waals surface area contributed by atoms with E-state index in [4.69, 9.17) is 9.47 Å². The Morgan fingerprint density at radius 1 is 1.04 bits per heavy atom. The van der Waals surface area contributed by atoms with Gasteiger partial charge in [0.15, 0.2) is 0 Å². The average Bonchev–Trinajstić information content (AvgIpc) is 3.11. The van der Waals surface area contributed by atoms with Crippen LogP contribution < -0.4 is 9.47 Å². The molecule has 0 aliphatic carbocycles. The zero-order valence-electron chi connectivity index (χ0n) is 14.3. The molecule has 0 bridgehead atoms. The Morgan fingerprint density at radius 2 is 1.73 bits per heavy atom. The number of carboxylic acid groups (broad SMARTS) is 1. The highest BCUT2D eigenvalue weighted by molar-refractivity contribution is 7.17. The van der Waals surface area contributed by atoms with Gasteiger partial charge in [0.25, 0.3) is 0 Å². The first-order chi connectivity index (χ1) is 12.7. The van der Waals surface area contributed by atoms with Crippen molar-refractivity contribution in [2.45, 2.75) is 13.3 Å². The van der Waals surface area contributed by atoms with E-state index in [1.165, 1.54) is 11.3 Å². The second-order valence-corrected chi connectivity index (χ2v) is 6.46. The summed E-state index contributed by atoms with van der Waals surface area (Å²) in [5.74, 6) is 0.515. The Kier molecular flexibility index (Phi) is 5.86. The second kappa shape index (κ2) is 8.49. The Hall–Kier alpha value is -2.86. The third kappa shape index (κ3) is 4.21. The second-order valence-electron chi connectivity index (χ2n) is 5.46. The van der Waals surface area contributed by atoms with Gasteiger partial charge in [0.05, 0.1) is 11.3 Å². The normalized spacial score (nSPS) is 10.5. The van der Waals surface area contributed by atoms with E-state index in [1.807, 2.05) is 61.5 Å². The summed E-state index contributed by atoms with van der Waals surface area (Å²) in [5, 5.41) is 9.98. The van der Waals surface area contributed by atoms with Crippen molar-refractivity contribution in [1.29, 1.82) is 0 Å². The fraction of sp³-hybridized carbons (Fsp3) is 0.200. The lowest BCUT2D eigenvalue weighted by Crippen LogP contribution is -2.09. The van der Waals surface area contributed by atoms with Gasteiger partial charge in [0, 0.05) is 0 Å². The quantitative estimate of drug-likeness (QED) is 0.591. The minimum atomic E-state index is -0.944. The summed E-state index contributed by atoms with van der Waals surface area (Å²) >= 11 is 1.17. The summed E-state index contributed by atoms with van der Waals surface area (Å²) in [5.41, 5.74) is 1.39. The van der Waals surface area contributed by atoms with E-state index in [0.717, 1.165) is 11.3 Å². The molecule has 3 aromatic rings. The summed E-state index contributed by atoms with van der Waals surface area (Å²) in [7, 11) is 0. The number of para-hydroxylation sites is 2. The SMILES string of the molecule is CCc1nc(-c2ccccc2OCCOc2ccccc2)sc1C(=O)O. The van der Waals surface area contributed by atoms with Crippen LogP contribution in [0.2, 0.25) is 0 Å². The molecule has 3 rings (SSSR count). The molecule has 0 radical (unpaired) electrons. The molecule has 0 amide bonds. The smallest absolute Gasteiger partial charge is 0.347 e. The molecular weight excluding hydrogens is 350 g/mol. The Morgan fingerprint density at radius 3 is 2.42 bits per heavy atom. The van der Waals surface area contributed by atoms with E-state index in [1.54, 1.807) is 0 Å². The van der Waals surface area contributed by atoms with Crippen molar-refractivity contribution < 1.29 is 19.4 Å². The molecule has 1 aromatic heterocycles. The van der Waals surface area contributed by atoms with E-state index in [0.29, 0.717) is 36.1 Å². The number of aryl methyl sites for hydroxylation is 1. The lowest BCUT2D eigenvalue weighted by molar-refractivity contribution is 0.0701. The number of hydrogen-bond donors (Lipinski definition) is 1. The first-order valence-corrected chi connectivity index (χ1v) is 9.13. The van der Waals surface area contributed by atoms with Gasteiger partial charge in [-0.25, -0.2) is 9.78 Å². The molecule has 0 aliphatic heterocycles.